The van der Waals surface area contributed by atoms with E-state index in [-0.39, 0.29) is 11.7 Å². The van der Waals surface area contributed by atoms with Crippen LogP contribution in [0.25, 0.3) is 0 Å². The second-order valence-electron chi connectivity index (χ2n) is 4.49. The van der Waals surface area contributed by atoms with Gasteiger partial charge in [-0.2, -0.15) is 0 Å². The summed E-state index contributed by atoms with van der Waals surface area (Å²) < 4.78 is 13.1. The Morgan fingerprint density at radius 1 is 1.17 bits per heavy atom. The van der Waals surface area contributed by atoms with Gasteiger partial charge in [0.15, 0.2) is 0 Å². The van der Waals surface area contributed by atoms with E-state index in [2.05, 4.69) is 0 Å². The Bertz CT molecular complexity index is 531. The lowest BCUT2D eigenvalue weighted by atomic mass is 9.93. The molecule has 0 fully saturated rings. The molecule has 0 amide bonds. The summed E-state index contributed by atoms with van der Waals surface area (Å²) in [6.45, 7) is 2.02. The number of halogens is 1. The molecular formula is C16H15FO. The SMILES string of the molecule is Cc1ccc(CC(C=O)c2cccc(F)c2)cc1. The number of aldehydes is 1. The highest BCUT2D eigenvalue weighted by Gasteiger charge is 2.11. The van der Waals surface area contributed by atoms with Crippen LogP contribution in [0.3, 0.4) is 0 Å². The third kappa shape index (κ3) is 3.04. The van der Waals surface area contributed by atoms with Crippen LogP contribution in [0.2, 0.25) is 0 Å². The molecule has 0 aromatic heterocycles. The van der Waals surface area contributed by atoms with E-state index < -0.39 is 0 Å². The van der Waals surface area contributed by atoms with Gasteiger partial charge in [-0.1, -0.05) is 42.0 Å². The summed E-state index contributed by atoms with van der Waals surface area (Å²) in [5.41, 5.74) is 3.00. The molecule has 2 heteroatoms. The van der Waals surface area contributed by atoms with E-state index in [1.165, 1.54) is 17.7 Å². The highest BCUT2D eigenvalue weighted by molar-refractivity contribution is 5.62. The van der Waals surface area contributed by atoms with Crippen molar-refractivity contribution in [1.29, 1.82) is 0 Å². The molecule has 0 saturated heterocycles. The molecule has 0 N–H and O–H groups in total. The summed E-state index contributed by atoms with van der Waals surface area (Å²) in [6, 6.07) is 14.3. The van der Waals surface area contributed by atoms with E-state index in [1.807, 2.05) is 31.2 Å². The van der Waals surface area contributed by atoms with Gasteiger partial charge in [-0.25, -0.2) is 4.39 Å². The third-order valence-electron chi connectivity index (χ3n) is 3.02. The topological polar surface area (TPSA) is 17.1 Å². The molecule has 1 unspecified atom stereocenters. The van der Waals surface area contributed by atoms with Crippen molar-refractivity contribution in [3.05, 3.63) is 71.0 Å². The maximum absolute atomic E-state index is 13.1. The van der Waals surface area contributed by atoms with Gasteiger partial charge in [-0.15, -0.1) is 0 Å². The minimum atomic E-state index is -0.303. The first-order valence-corrected chi connectivity index (χ1v) is 5.95. The molecule has 2 aromatic carbocycles. The van der Waals surface area contributed by atoms with Gasteiger partial charge in [0.1, 0.15) is 12.1 Å². The van der Waals surface area contributed by atoms with Gasteiger partial charge in [0.25, 0.3) is 0 Å². The molecule has 2 aromatic rings. The molecule has 92 valence electrons. The van der Waals surface area contributed by atoms with E-state index in [9.17, 15) is 9.18 Å². The molecule has 1 atom stereocenters. The Hall–Kier alpha value is -1.96. The maximum Gasteiger partial charge on any atom is 0.127 e. The first-order chi connectivity index (χ1) is 8.69. The van der Waals surface area contributed by atoms with E-state index >= 15 is 0 Å². The Morgan fingerprint density at radius 3 is 2.50 bits per heavy atom. The molecule has 0 aliphatic rings. The van der Waals surface area contributed by atoms with Crippen molar-refractivity contribution < 1.29 is 9.18 Å². The monoisotopic (exact) mass is 242 g/mol. The zero-order valence-electron chi connectivity index (χ0n) is 10.3. The molecule has 0 saturated carbocycles. The zero-order chi connectivity index (χ0) is 13.0. The van der Waals surface area contributed by atoms with Gasteiger partial charge in [-0.3, -0.25) is 0 Å². The molecule has 0 aliphatic carbocycles. The lowest BCUT2D eigenvalue weighted by molar-refractivity contribution is -0.109. The largest absolute Gasteiger partial charge is 0.303 e. The van der Waals surface area contributed by atoms with Crippen LogP contribution in [0.1, 0.15) is 22.6 Å². The van der Waals surface area contributed by atoms with Crippen molar-refractivity contribution in [1.82, 2.24) is 0 Å². The number of benzene rings is 2. The smallest absolute Gasteiger partial charge is 0.127 e. The second kappa shape index (κ2) is 5.58. The third-order valence-corrected chi connectivity index (χ3v) is 3.02. The maximum atomic E-state index is 13.1. The lowest BCUT2D eigenvalue weighted by Crippen LogP contribution is -2.04. The first-order valence-electron chi connectivity index (χ1n) is 5.95. The average Bonchev–Trinajstić information content (AvgIpc) is 2.38. The number of carbonyl (C=O) groups excluding carboxylic acids is 1. The molecule has 0 heterocycles. The van der Waals surface area contributed by atoms with Gasteiger partial charge in [-0.05, 0) is 36.6 Å². The molecule has 2 rings (SSSR count). The normalized spacial score (nSPS) is 12.1. The van der Waals surface area contributed by atoms with Crippen LogP contribution in [0.15, 0.2) is 48.5 Å². The molecular weight excluding hydrogens is 227 g/mol. The average molecular weight is 242 g/mol. The Labute approximate surface area is 106 Å². The Morgan fingerprint density at radius 2 is 1.89 bits per heavy atom. The van der Waals surface area contributed by atoms with Crippen molar-refractivity contribution in [2.45, 2.75) is 19.3 Å². The van der Waals surface area contributed by atoms with E-state index in [1.54, 1.807) is 12.1 Å². The van der Waals surface area contributed by atoms with Gasteiger partial charge in [0.2, 0.25) is 0 Å². The highest BCUT2D eigenvalue weighted by Crippen LogP contribution is 2.20. The number of carbonyl (C=O) groups is 1. The summed E-state index contributed by atoms with van der Waals surface area (Å²) in [5.74, 6) is -0.591. The summed E-state index contributed by atoms with van der Waals surface area (Å²) in [7, 11) is 0. The minimum Gasteiger partial charge on any atom is -0.303 e. The van der Waals surface area contributed by atoms with Crippen molar-refractivity contribution in [2.24, 2.45) is 0 Å². The predicted molar refractivity (Wildman–Crippen MR) is 70.1 cm³/mol. The summed E-state index contributed by atoms with van der Waals surface area (Å²) in [6.07, 6.45) is 1.49. The Balaban J connectivity index is 2.19. The van der Waals surface area contributed by atoms with Crippen LogP contribution in [0.5, 0.6) is 0 Å². The minimum absolute atomic E-state index is 0.289. The van der Waals surface area contributed by atoms with Gasteiger partial charge in [0, 0.05) is 5.92 Å². The number of hydrogen-bond donors (Lipinski definition) is 0. The standard InChI is InChI=1S/C16H15FO/c1-12-5-7-13(8-6-12)9-15(11-18)14-3-2-4-16(17)10-14/h2-8,10-11,15H,9H2,1H3. The number of aryl methyl sites for hydroxylation is 1. The van der Waals surface area contributed by atoms with Crippen molar-refractivity contribution in [2.75, 3.05) is 0 Å². The van der Waals surface area contributed by atoms with Crippen molar-refractivity contribution in [3.63, 3.8) is 0 Å². The highest BCUT2D eigenvalue weighted by atomic mass is 19.1. The summed E-state index contributed by atoms with van der Waals surface area (Å²) in [4.78, 5) is 11.2. The zero-order valence-corrected chi connectivity index (χ0v) is 10.3. The van der Waals surface area contributed by atoms with Crippen LogP contribution < -0.4 is 0 Å². The van der Waals surface area contributed by atoms with Gasteiger partial charge < -0.3 is 4.79 Å². The molecule has 0 radical (unpaired) electrons. The van der Waals surface area contributed by atoms with E-state index in [4.69, 9.17) is 0 Å². The Kier molecular flexibility index (Phi) is 3.88. The lowest BCUT2D eigenvalue weighted by Gasteiger charge is -2.11. The second-order valence-corrected chi connectivity index (χ2v) is 4.49. The van der Waals surface area contributed by atoms with Gasteiger partial charge >= 0.3 is 0 Å². The van der Waals surface area contributed by atoms with Crippen LogP contribution in [-0.2, 0) is 11.2 Å². The molecule has 1 nitrogen and oxygen atoms in total. The summed E-state index contributed by atoms with van der Waals surface area (Å²) in [5, 5.41) is 0. The van der Waals surface area contributed by atoms with Crippen molar-refractivity contribution >= 4 is 6.29 Å². The van der Waals surface area contributed by atoms with Crippen LogP contribution in [0, 0.1) is 12.7 Å². The predicted octanol–water partition coefficient (Wildman–Crippen LogP) is 3.66. The molecule has 0 aliphatic heterocycles. The number of rotatable bonds is 4. The summed E-state index contributed by atoms with van der Waals surface area (Å²) >= 11 is 0. The molecule has 18 heavy (non-hydrogen) atoms. The van der Waals surface area contributed by atoms with E-state index in [0.717, 1.165) is 17.4 Å². The van der Waals surface area contributed by atoms with Gasteiger partial charge in [0.05, 0.1) is 0 Å². The molecule has 0 spiro atoms. The fourth-order valence-electron chi connectivity index (χ4n) is 1.96. The quantitative estimate of drug-likeness (QED) is 0.748. The van der Waals surface area contributed by atoms with E-state index in [0.29, 0.717) is 6.42 Å². The van der Waals surface area contributed by atoms with Crippen LogP contribution >= 0.6 is 0 Å². The van der Waals surface area contributed by atoms with Crippen molar-refractivity contribution in [3.8, 4) is 0 Å². The first kappa shape index (κ1) is 12.5. The fraction of sp³-hybridized carbons (Fsp3) is 0.188. The fourth-order valence-corrected chi connectivity index (χ4v) is 1.96. The van der Waals surface area contributed by atoms with Crippen LogP contribution in [-0.4, -0.2) is 6.29 Å². The number of hydrogen-bond acceptors (Lipinski definition) is 1. The van der Waals surface area contributed by atoms with Crippen LogP contribution in [0.4, 0.5) is 4.39 Å². The molecule has 0 bridgehead atoms.